The van der Waals surface area contributed by atoms with Crippen molar-refractivity contribution >= 4 is 10.9 Å². The molecule has 2 aromatic rings. The maximum absolute atomic E-state index is 13.4. The molecule has 0 fully saturated rings. The standard InChI is InChI=1S/C13H14FNO/c1-8(2)10-4-5-15-13-11(10)6-9(14)7-12(13)16-3/h4-8H,1-3H3. The quantitative estimate of drug-likeness (QED) is 0.771. The van der Waals surface area contributed by atoms with Crippen LogP contribution in [0.3, 0.4) is 0 Å². The Bertz CT molecular complexity index is 523. The molecule has 0 spiro atoms. The van der Waals surface area contributed by atoms with Gasteiger partial charge in [0, 0.05) is 17.6 Å². The van der Waals surface area contributed by atoms with Crippen LogP contribution in [0, 0.1) is 5.82 Å². The third kappa shape index (κ3) is 1.73. The number of hydrogen-bond acceptors (Lipinski definition) is 2. The average molecular weight is 219 g/mol. The Morgan fingerprint density at radius 2 is 2.06 bits per heavy atom. The van der Waals surface area contributed by atoms with Gasteiger partial charge in [0.15, 0.2) is 0 Å². The summed E-state index contributed by atoms with van der Waals surface area (Å²) >= 11 is 0. The van der Waals surface area contributed by atoms with Crippen LogP contribution in [0.4, 0.5) is 4.39 Å². The fraction of sp³-hybridized carbons (Fsp3) is 0.308. The van der Waals surface area contributed by atoms with Crippen molar-refractivity contribution < 1.29 is 9.13 Å². The maximum atomic E-state index is 13.4. The molecular weight excluding hydrogens is 205 g/mol. The van der Waals surface area contributed by atoms with Gasteiger partial charge in [-0.05, 0) is 23.6 Å². The van der Waals surface area contributed by atoms with E-state index in [1.165, 1.54) is 19.2 Å². The zero-order valence-electron chi connectivity index (χ0n) is 9.62. The molecule has 0 aliphatic carbocycles. The summed E-state index contributed by atoms with van der Waals surface area (Å²) in [6, 6.07) is 4.80. The summed E-state index contributed by atoms with van der Waals surface area (Å²) in [5, 5.41) is 0.828. The Balaban J connectivity index is 2.82. The molecule has 0 bridgehead atoms. The van der Waals surface area contributed by atoms with E-state index in [1.807, 2.05) is 6.07 Å². The van der Waals surface area contributed by atoms with Crippen LogP contribution in [0.2, 0.25) is 0 Å². The van der Waals surface area contributed by atoms with Gasteiger partial charge in [-0.3, -0.25) is 4.98 Å². The van der Waals surface area contributed by atoms with Gasteiger partial charge in [0.2, 0.25) is 0 Å². The fourth-order valence-electron chi connectivity index (χ4n) is 1.87. The molecule has 84 valence electrons. The van der Waals surface area contributed by atoms with E-state index in [4.69, 9.17) is 4.74 Å². The van der Waals surface area contributed by atoms with Crippen LogP contribution in [0.25, 0.3) is 10.9 Å². The smallest absolute Gasteiger partial charge is 0.148 e. The van der Waals surface area contributed by atoms with E-state index < -0.39 is 0 Å². The average Bonchev–Trinajstić information content (AvgIpc) is 2.26. The molecule has 1 aromatic carbocycles. The number of aromatic nitrogens is 1. The Kier molecular flexibility index (Phi) is 2.77. The second kappa shape index (κ2) is 4.08. The monoisotopic (exact) mass is 219 g/mol. The van der Waals surface area contributed by atoms with Gasteiger partial charge >= 0.3 is 0 Å². The van der Waals surface area contributed by atoms with E-state index in [2.05, 4.69) is 18.8 Å². The highest BCUT2D eigenvalue weighted by Crippen LogP contribution is 2.30. The summed E-state index contributed by atoms with van der Waals surface area (Å²) in [5.74, 6) is 0.522. The van der Waals surface area contributed by atoms with Crippen LogP contribution >= 0.6 is 0 Å². The van der Waals surface area contributed by atoms with Gasteiger partial charge in [0.25, 0.3) is 0 Å². The van der Waals surface area contributed by atoms with Crippen molar-refractivity contribution in [2.45, 2.75) is 19.8 Å². The highest BCUT2D eigenvalue weighted by molar-refractivity contribution is 5.87. The van der Waals surface area contributed by atoms with Crippen LogP contribution in [-0.2, 0) is 0 Å². The molecule has 0 N–H and O–H groups in total. The van der Waals surface area contributed by atoms with Crippen molar-refractivity contribution in [2.75, 3.05) is 7.11 Å². The van der Waals surface area contributed by atoms with Gasteiger partial charge < -0.3 is 4.74 Å². The number of rotatable bonds is 2. The Morgan fingerprint density at radius 3 is 2.69 bits per heavy atom. The number of benzene rings is 1. The highest BCUT2D eigenvalue weighted by atomic mass is 19.1. The van der Waals surface area contributed by atoms with Gasteiger partial charge in [0.1, 0.15) is 17.1 Å². The predicted molar refractivity (Wildman–Crippen MR) is 62.3 cm³/mol. The van der Waals surface area contributed by atoms with E-state index in [-0.39, 0.29) is 5.82 Å². The SMILES string of the molecule is COc1cc(F)cc2c(C(C)C)ccnc12. The summed E-state index contributed by atoms with van der Waals surface area (Å²) in [6.45, 7) is 4.15. The van der Waals surface area contributed by atoms with Crippen molar-refractivity contribution in [3.63, 3.8) is 0 Å². The normalized spacial score (nSPS) is 11.1. The molecule has 0 unspecified atom stereocenters. The highest BCUT2D eigenvalue weighted by Gasteiger charge is 2.11. The molecule has 16 heavy (non-hydrogen) atoms. The second-order valence-electron chi connectivity index (χ2n) is 4.06. The lowest BCUT2D eigenvalue weighted by molar-refractivity contribution is 0.415. The summed E-state index contributed by atoms with van der Waals surface area (Å²) in [6.07, 6.45) is 1.73. The predicted octanol–water partition coefficient (Wildman–Crippen LogP) is 3.51. The molecule has 0 amide bonds. The summed E-state index contributed by atoms with van der Waals surface area (Å²) in [5.41, 5.74) is 1.80. The van der Waals surface area contributed by atoms with Crippen molar-refractivity contribution in [1.29, 1.82) is 0 Å². The lowest BCUT2D eigenvalue weighted by Crippen LogP contribution is -1.95. The maximum Gasteiger partial charge on any atom is 0.148 e. The molecular formula is C13H14FNO. The van der Waals surface area contributed by atoms with Crippen LogP contribution in [0.5, 0.6) is 5.75 Å². The summed E-state index contributed by atoms with van der Waals surface area (Å²) in [4.78, 5) is 4.24. The first-order valence-electron chi connectivity index (χ1n) is 5.25. The first-order valence-corrected chi connectivity index (χ1v) is 5.25. The molecule has 0 saturated heterocycles. The molecule has 0 saturated carbocycles. The third-order valence-electron chi connectivity index (χ3n) is 2.65. The van der Waals surface area contributed by atoms with Crippen molar-refractivity contribution in [3.8, 4) is 5.75 Å². The fourth-order valence-corrected chi connectivity index (χ4v) is 1.87. The van der Waals surface area contributed by atoms with E-state index in [0.717, 1.165) is 16.5 Å². The van der Waals surface area contributed by atoms with Gasteiger partial charge in [0.05, 0.1) is 7.11 Å². The lowest BCUT2D eigenvalue weighted by atomic mass is 9.99. The lowest BCUT2D eigenvalue weighted by Gasteiger charge is -2.11. The number of hydrogen-bond donors (Lipinski definition) is 0. The Labute approximate surface area is 94.1 Å². The molecule has 2 nitrogen and oxygen atoms in total. The van der Waals surface area contributed by atoms with Gasteiger partial charge in [-0.1, -0.05) is 13.8 Å². The van der Waals surface area contributed by atoms with Gasteiger partial charge in [-0.15, -0.1) is 0 Å². The van der Waals surface area contributed by atoms with E-state index in [0.29, 0.717) is 11.7 Å². The Morgan fingerprint density at radius 1 is 1.31 bits per heavy atom. The molecule has 0 radical (unpaired) electrons. The number of nitrogens with zero attached hydrogens (tertiary/aromatic N) is 1. The molecule has 2 rings (SSSR count). The first kappa shape index (κ1) is 10.9. The second-order valence-corrected chi connectivity index (χ2v) is 4.06. The first-order chi connectivity index (χ1) is 7.63. The van der Waals surface area contributed by atoms with E-state index >= 15 is 0 Å². The number of ether oxygens (including phenoxy) is 1. The minimum absolute atomic E-state index is 0.292. The van der Waals surface area contributed by atoms with E-state index in [9.17, 15) is 4.39 Å². The number of methoxy groups -OCH3 is 1. The van der Waals surface area contributed by atoms with Crippen molar-refractivity contribution in [2.24, 2.45) is 0 Å². The molecule has 1 aromatic heterocycles. The minimum Gasteiger partial charge on any atom is -0.494 e. The van der Waals surface area contributed by atoms with Crippen molar-refractivity contribution in [1.82, 2.24) is 4.98 Å². The number of fused-ring (bicyclic) bond motifs is 1. The zero-order valence-corrected chi connectivity index (χ0v) is 9.62. The third-order valence-corrected chi connectivity index (χ3v) is 2.65. The number of pyridine rings is 1. The molecule has 0 aliphatic rings. The largest absolute Gasteiger partial charge is 0.494 e. The van der Waals surface area contributed by atoms with Crippen molar-refractivity contribution in [3.05, 3.63) is 35.8 Å². The topological polar surface area (TPSA) is 22.1 Å². The molecule has 3 heteroatoms. The number of halogens is 1. The van der Waals surface area contributed by atoms with Crippen LogP contribution in [0.15, 0.2) is 24.4 Å². The zero-order chi connectivity index (χ0) is 11.7. The van der Waals surface area contributed by atoms with Gasteiger partial charge in [-0.25, -0.2) is 4.39 Å². The molecule has 0 aliphatic heterocycles. The summed E-state index contributed by atoms with van der Waals surface area (Å²) in [7, 11) is 1.53. The van der Waals surface area contributed by atoms with Crippen LogP contribution in [0.1, 0.15) is 25.3 Å². The van der Waals surface area contributed by atoms with E-state index in [1.54, 1.807) is 6.20 Å². The van der Waals surface area contributed by atoms with Crippen LogP contribution < -0.4 is 4.74 Å². The van der Waals surface area contributed by atoms with Crippen LogP contribution in [-0.4, -0.2) is 12.1 Å². The molecule has 0 atom stereocenters. The minimum atomic E-state index is -0.292. The van der Waals surface area contributed by atoms with Gasteiger partial charge in [-0.2, -0.15) is 0 Å². The Hall–Kier alpha value is -1.64. The molecule has 1 heterocycles. The summed E-state index contributed by atoms with van der Waals surface area (Å²) < 4.78 is 18.6.